The zero-order valence-electron chi connectivity index (χ0n) is 9.49. The van der Waals surface area contributed by atoms with E-state index in [2.05, 4.69) is 9.47 Å². The smallest absolute Gasteiger partial charge is 0.491 e. The van der Waals surface area contributed by atoms with Crippen LogP contribution < -0.4 is 4.74 Å². The molecule has 0 atom stereocenters. The third kappa shape index (κ3) is 5.05. The van der Waals surface area contributed by atoms with Gasteiger partial charge in [0, 0.05) is 0 Å². The standard InChI is InChI=1S/C11H11F3O4/c1-16-10(15)8-2-4-9(5-3-8)17-6-7-18-11(12,13)14/h2-5H,6-7H2,1H3. The van der Waals surface area contributed by atoms with Crippen molar-refractivity contribution in [2.75, 3.05) is 20.3 Å². The molecule has 0 amide bonds. The lowest BCUT2D eigenvalue weighted by atomic mass is 10.2. The summed E-state index contributed by atoms with van der Waals surface area (Å²) < 4.78 is 47.9. The van der Waals surface area contributed by atoms with Crippen LogP contribution in [0, 0.1) is 0 Å². The van der Waals surface area contributed by atoms with E-state index in [-0.39, 0.29) is 6.61 Å². The van der Waals surface area contributed by atoms with Crippen LogP contribution in [0.4, 0.5) is 13.2 Å². The number of esters is 1. The molecule has 0 fully saturated rings. The van der Waals surface area contributed by atoms with Gasteiger partial charge in [-0.1, -0.05) is 0 Å². The molecule has 0 heterocycles. The van der Waals surface area contributed by atoms with Gasteiger partial charge in [0.1, 0.15) is 12.4 Å². The van der Waals surface area contributed by atoms with Gasteiger partial charge in [0.05, 0.1) is 19.3 Å². The quantitative estimate of drug-likeness (QED) is 0.605. The van der Waals surface area contributed by atoms with Crippen molar-refractivity contribution in [1.29, 1.82) is 0 Å². The summed E-state index contributed by atoms with van der Waals surface area (Å²) in [6.07, 6.45) is -4.65. The first-order chi connectivity index (χ1) is 8.42. The summed E-state index contributed by atoms with van der Waals surface area (Å²) in [5.74, 6) is -0.157. The number of alkyl halides is 3. The van der Waals surface area contributed by atoms with E-state index < -0.39 is 18.9 Å². The highest BCUT2D eigenvalue weighted by molar-refractivity contribution is 5.89. The van der Waals surface area contributed by atoms with Crippen LogP contribution in [0.2, 0.25) is 0 Å². The number of ether oxygens (including phenoxy) is 3. The number of carbonyl (C=O) groups is 1. The number of methoxy groups -OCH3 is 1. The summed E-state index contributed by atoms with van der Waals surface area (Å²) in [4.78, 5) is 11.1. The first-order valence-corrected chi connectivity index (χ1v) is 4.94. The minimum absolute atomic E-state index is 0.239. The molecule has 0 N–H and O–H groups in total. The van der Waals surface area contributed by atoms with Crippen LogP contribution in [0.1, 0.15) is 10.4 Å². The van der Waals surface area contributed by atoms with Crippen LogP contribution in [-0.4, -0.2) is 32.7 Å². The van der Waals surface area contributed by atoms with E-state index in [1.807, 2.05) is 0 Å². The van der Waals surface area contributed by atoms with Gasteiger partial charge in [0.25, 0.3) is 0 Å². The lowest BCUT2D eigenvalue weighted by Crippen LogP contribution is -2.18. The molecule has 1 aromatic carbocycles. The van der Waals surface area contributed by atoms with E-state index in [9.17, 15) is 18.0 Å². The van der Waals surface area contributed by atoms with Gasteiger partial charge >= 0.3 is 12.3 Å². The third-order valence-corrected chi connectivity index (χ3v) is 1.89. The second-order valence-electron chi connectivity index (χ2n) is 3.16. The van der Waals surface area contributed by atoms with Gasteiger partial charge in [-0.05, 0) is 24.3 Å². The van der Waals surface area contributed by atoms with Crippen LogP contribution >= 0.6 is 0 Å². The molecule has 4 nitrogen and oxygen atoms in total. The Balaban J connectivity index is 2.38. The Morgan fingerprint density at radius 3 is 2.28 bits per heavy atom. The Bertz CT molecular complexity index is 386. The minimum Gasteiger partial charge on any atom is -0.491 e. The number of carbonyl (C=O) groups excluding carboxylic acids is 1. The van der Waals surface area contributed by atoms with Gasteiger partial charge in [-0.25, -0.2) is 4.79 Å². The second-order valence-corrected chi connectivity index (χ2v) is 3.16. The molecular formula is C11H11F3O4. The summed E-state index contributed by atoms with van der Waals surface area (Å²) in [5, 5.41) is 0. The zero-order valence-corrected chi connectivity index (χ0v) is 9.49. The van der Waals surface area contributed by atoms with Crippen molar-refractivity contribution < 1.29 is 32.2 Å². The van der Waals surface area contributed by atoms with Gasteiger partial charge in [0.2, 0.25) is 0 Å². The van der Waals surface area contributed by atoms with Crippen LogP contribution in [0.15, 0.2) is 24.3 Å². The van der Waals surface area contributed by atoms with E-state index in [0.29, 0.717) is 11.3 Å². The molecule has 0 aliphatic heterocycles. The van der Waals surface area contributed by atoms with E-state index >= 15 is 0 Å². The molecule has 0 saturated carbocycles. The highest BCUT2D eigenvalue weighted by Crippen LogP contribution is 2.16. The van der Waals surface area contributed by atoms with Gasteiger partial charge < -0.3 is 9.47 Å². The number of halogens is 3. The van der Waals surface area contributed by atoms with Crippen LogP contribution in [0.25, 0.3) is 0 Å². The van der Waals surface area contributed by atoms with Gasteiger partial charge in [-0.15, -0.1) is 13.2 Å². The van der Waals surface area contributed by atoms with Gasteiger partial charge in [0.15, 0.2) is 0 Å². The average molecular weight is 264 g/mol. The Kier molecular flexibility index (Phi) is 4.96. The van der Waals surface area contributed by atoms with Crippen molar-refractivity contribution >= 4 is 5.97 Å². The molecule has 0 unspecified atom stereocenters. The largest absolute Gasteiger partial charge is 0.522 e. The monoisotopic (exact) mass is 264 g/mol. The van der Waals surface area contributed by atoms with Crippen molar-refractivity contribution in [2.24, 2.45) is 0 Å². The molecule has 1 aromatic rings. The number of benzene rings is 1. The van der Waals surface area contributed by atoms with Crippen molar-refractivity contribution in [3.63, 3.8) is 0 Å². The molecule has 0 aromatic heterocycles. The fourth-order valence-electron chi connectivity index (χ4n) is 1.12. The van der Waals surface area contributed by atoms with Crippen molar-refractivity contribution in [1.82, 2.24) is 0 Å². The first kappa shape index (κ1) is 14.3. The molecule has 0 radical (unpaired) electrons. The molecule has 1 rings (SSSR count). The molecule has 7 heteroatoms. The summed E-state index contributed by atoms with van der Waals surface area (Å²) in [6, 6.07) is 5.82. The molecular weight excluding hydrogens is 253 g/mol. The zero-order chi connectivity index (χ0) is 13.6. The third-order valence-electron chi connectivity index (χ3n) is 1.89. The summed E-state index contributed by atoms with van der Waals surface area (Å²) in [6.45, 7) is -0.834. The maximum absolute atomic E-state index is 11.6. The van der Waals surface area contributed by atoms with Crippen LogP contribution in [0.3, 0.4) is 0 Å². The van der Waals surface area contributed by atoms with Crippen molar-refractivity contribution in [2.45, 2.75) is 6.36 Å². The van der Waals surface area contributed by atoms with E-state index in [0.717, 1.165) is 0 Å². The Hall–Kier alpha value is -1.76. The fourth-order valence-corrected chi connectivity index (χ4v) is 1.12. The minimum atomic E-state index is -4.65. The molecule has 100 valence electrons. The molecule has 0 spiro atoms. The Morgan fingerprint density at radius 1 is 1.17 bits per heavy atom. The predicted molar refractivity (Wildman–Crippen MR) is 55.3 cm³/mol. The fraction of sp³-hybridized carbons (Fsp3) is 0.364. The molecule has 0 bridgehead atoms. The number of hydrogen-bond donors (Lipinski definition) is 0. The second kappa shape index (κ2) is 6.25. The predicted octanol–water partition coefficient (Wildman–Crippen LogP) is 2.39. The van der Waals surface area contributed by atoms with Gasteiger partial charge in [-0.3, -0.25) is 4.74 Å². The van der Waals surface area contributed by atoms with E-state index in [4.69, 9.17) is 4.74 Å². The van der Waals surface area contributed by atoms with Crippen LogP contribution in [0.5, 0.6) is 5.75 Å². The summed E-state index contributed by atoms with van der Waals surface area (Å²) >= 11 is 0. The van der Waals surface area contributed by atoms with Crippen molar-refractivity contribution in [3.05, 3.63) is 29.8 Å². The Labute approximate surface area is 101 Å². The summed E-state index contributed by atoms with van der Waals surface area (Å²) in [5.41, 5.74) is 0.330. The lowest BCUT2D eigenvalue weighted by Gasteiger charge is -2.09. The van der Waals surface area contributed by atoms with E-state index in [1.54, 1.807) is 0 Å². The normalized spacial score (nSPS) is 11.1. The molecule has 0 aliphatic rings. The topological polar surface area (TPSA) is 44.8 Å². The van der Waals surface area contributed by atoms with Crippen molar-refractivity contribution in [3.8, 4) is 5.75 Å². The van der Waals surface area contributed by atoms with E-state index in [1.165, 1.54) is 31.4 Å². The number of rotatable bonds is 5. The number of hydrogen-bond acceptors (Lipinski definition) is 4. The molecule has 0 saturated heterocycles. The molecule has 0 aliphatic carbocycles. The van der Waals surface area contributed by atoms with Gasteiger partial charge in [-0.2, -0.15) is 0 Å². The lowest BCUT2D eigenvalue weighted by molar-refractivity contribution is -0.325. The maximum atomic E-state index is 11.6. The highest BCUT2D eigenvalue weighted by atomic mass is 19.4. The highest BCUT2D eigenvalue weighted by Gasteiger charge is 2.28. The SMILES string of the molecule is COC(=O)c1ccc(OCCOC(F)(F)F)cc1. The van der Waals surface area contributed by atoms with Crippen LogP contribution in [-0.2, 0) is 9.47 Å². The Morgan fingerprint density at radius 2 is 1.78 bits per heavy atom. The maximum Gasteiger partial charge on any atom is 0.522 e. The molecule has 18 heavy (non-hydrogen) atoms. The first-order valence-electron chi connectivity index (χ1n) is 4.94. The summed E-state index contributed by atoms with van der Waals surface area (Å²) in [7, 11) is 1.25. The average Bonchev–Trinajstić information content (AvgIpc) is 2.33.